The first-order valence-electron chi connectivity index (χ1n) is 12.7. The molecule has 3 fully saturated rings. The molecule has 3 aliphatic rings. The summed E-state index contributed by atoms with van der Waals surface area (Å²) in [5.41, 5.74) is 0.680. The Hall–Kier alpha value is -2.78. The van der Waals surface area contributed by atoms with Crippen LogP contribution in [0.3, 0.4) is 0 Å². The summed E-state index contributed by atoms with van der Waals surface area (Å²) in [6.45, 7) is 10.2. The summed E-state index contributed by atoms with van der Waals surface area (Å²) in [7, 11) is 1.58. The highest BCUT2D eigenvalue weighted by atomic mass is 32.2. The average Bonchev–Trinajstić information content (AvgIpc) is 3.46. The Morgan fingerprint density at radius 1 is 1.22 bits per heavy atom. The Morgan fingerprint density at radius 3 is 2.57 bits per heavy atom. The van der Waals surface area contributed by atoms with Crippen molar-refractivity contribution in [3.8, 4) is 5.75 Å². The number of methoxy groups -OCH3 is 1. The van der Waals surface area contributed by atoms with E-state index in [1.54, 1.807) is 46.9 Å². The first-order valence-corrected chi connectivity index (χ1v) is 13.5. The summed E-state index contributed by atoms with van der Waals surface area (Å²) in [5, 5.41) is 9.35. The van der Waals surface area contributed by atoms with E-state index in [0.717, 1.165) is 0 Å². The second-order valence-corrected chi connectivity index (χ2v) is 11.9. The van der Waals surface area contributed by atoms with Gasteiger partial charge in [0.1, 0.15) is 18.4 Å². The number of aliphatic hydroxyl groups excluding tert-OH is 1. The number of unbranched alkanes of at least 4 members (excludes halogenated alkanes) is 1. The summed E-state index contributed by atoms with van der Waals surface area (Å²) < 4.78 is 9.51. The maximum absolute atomic E-state index is 14.4. The molecule has 4 rings (SSSR count). The molecule has 2 unspecified atom stereocenters. The third-order valence-electron chi connectivity index (χ3n) is 7.88. The van der Waals surface area contributed by atoms with Gasteiger partial charge in [-0.05, 0) is 56.9 Å². The van der Waals surface area contributed by atoms with Gasteiger partial charge in [0.2, 0.25) is 5.91 Å². The second-order valence-electron chi connectivity index (χ2n) is 10.0. The van der Waals surface area contributed by atoms with Crippen LogP contribution in [0.4, 0.5) is 5.69 Å². The van der Waals surface area contributed by atoms with Crippen molar-refractivity contribution in [2.75, 3.05) is 38.3 Å². The SMILES string of the molecule is C=CCOC(=O)[C@H]1[C@H]2C(=O)N(CCCCO)C(C(=O)N(CC=C)c3ccc(OC)cc3)C23CC[C@]1(C)S3. The molecule has 9 heteroatoms. The number of fused-ring (bicyclic) bond motifs is 1. The Morgan fingerprint density at radius 2 is 1.95 bits per heavy atom. The van der Waals surface area contributed by atoms with Gasteiger partial charge in [-0.25, -0.2) is 0 Å². The van der Waals surface area contributed by atoms with Crippen molar-refractivity contribution >= 4 is 35.2 Å². The first-order chi connectivity index (χ1) is 17.8. The quantitative estimate of drug-likeness (QED) is 0.253. The number of likely N-dealkylation sites (tertiary alicyclic amines) is 1. The van der Waals surface area contributed by atoms with E-state index < -0.39 is 33.3 Å². The van der Waals surface area contributed by atoms with Crippen molar-refractivity contribution < 1.29 is 29.0 Å². The number of hydrogen-bond acceptors (Lipinski definition) is 7. The van der Waals surface area contributed by atoms with Crippen LogP contribution in [-0.4, -0.2) is 76.7 Å². The van der Waals surface area contributed by atoms with Gasteiger partial charge in [-0.1, -0.05) is 18.7 Å². The summed E-state index contributed by atoms with van der Waals surface area (Å²) in [6, 6.07) is 6.48. The zero-order valence-corrected chi connectivity index (χ0v) is 22.4. The van der Waals surface area contributed by atoms with Gasteiger partial charge in [0.05, 0.1) is 23.7 Å². The number of hydrogen-bond donors (Lipinski definition) is 1. The van der Waals surface area contributed by atoms with E-state index in [0.29, 0.717) is 43.7 Å². The molecule has 0 radical (unpaired) electrons. The normalized spacial score (nSPS) is 29.6. The Kier molecular flexibility index (Phi) is 8.04. The van der Waals surface area contributed by atoms with Crippen LogP contribution < -0.4 is 9.64 Å². The predicted molar refractivity (Wildman–Crippen MR) is 143 cm³/mol. The molecule has 3 saturated heterocycles. The minimum atomic E-state index is -0.741. The van der Waals surface area contributed by atoms with E-state index in [1.165, 1.54) is 6.08 Å². The molecule has 5 atom stereocenters. The van der Waals surface area contributed by atoms with Crippen molar-refractivity contribution in [3.05, 3.63) is 49.6 Å². The van der Waals surface area contributed by atoms with E-state index in [2.05, 4.69) is 13.2 Å². The van der Waals surface area contributed by atoms with Gasteiger partial charge in [0, 0.05) is 30.1 Å². The molecule has 200 valence electrons. The summed E-state index contributed by atoms with van der Waals surface area (Å²) >= 11 is 1.61. The van der Waals surface area contributed by atoms with Crippen LogP contribution in [0, 0.1) is 11.8 Å². The van der Waals surface area contributed by atoms with E-state index >= 15 is 0 Å². The molecular weight excluding hydrogens is 492 g/mol. The van der Waals surface area contributed by atoms with Gasteiger partial charge in [0.15, 0.2) is 0 Å². The molecule has 3 aliphatic heterocycles. The number of aliphatic hydroxyl groups is 1. The van der Waals surface area contributed by atoms with Crippen LogP contribution in [0.15, 0.2) is 49.6 Å². The number of ether oxygens (including phenoxy) is 2. The maximum Gasteiger partial charge on any atom is 0.311 e. The summed E-state index contributed by atoms with van der Waals surface area (Å²) in [4.78, 5) is 45.0. The number of rotatable bonds is 12. The van der Waals surface area contributed by atoms with Crippen LogP contribution >= 0.6 is 11.8 Å². The number of amides is 2. The molecule has 1 N–H and O–H groups in total. The van der Waals surface area contributed by atoms with E-state index in [9.17, 15) is 19.5 Å². The van der Waals surface area contributed by atoms with Crippen LogP contribution in [0.25, 0.3) is 0 Å². The molecule has 0 aliphatic carbocycles. The third-order valence-corrected chi connectivity index (χ3v) is 9.86. The molecule has 1 aromatic rings. The third kappa shape index (κ3) is 4.56. The van der Waals surface area contributed by atoms with Crippen molar-refractivity contribution in [2.45, 2.75) is 48.1 Å². The predicted octanol–water partition coefficient (Wildman–Crippen LogP) is 3.20. The molecular formula is C28H36N2O6S. The Balaban J connectivity index is 1.75. The van der Waals surface area contributed by atoms with Crippen molar-refractivity contribution in [2.24, 2.45) is 11.8 Å². The minimum absolute atomic E-state index is 0.00692. The number of carbonyl (C=O) groups excluding carboxylic acids is 3. The fourth-order valence-electron chi connectivity index (χ4n) is 6.29. The Labute approximate surface area is 222 Å². The van der Waals surface area contributed by atoms with Crippen LogP contribution in [-0.2, 0) is 19.1 Å². The largest absolute Gasteiger partial charge is 0.497 e. The highest BCUT2D eigenvalue weighted by Gasteiger charge is 2.77. The van der Waals surface area contributed by atoms with Crippen molar-refractivity contribution in [1.82, 2.24) is 4.90 Å². The van der Waals surface area contributed by atoms with Crippen molar-refractivity contribution in [3.63, 3.8) is 0 Å². The summed E-state index contributed by atoms with van der Waals surface area (Å²) in [6.07, 6.45) is 5.64. The van der Waals surface area contributed by atoms with Gasteiger partial charge in [0.25, 0.3) is 5.91 Å². The molecule has 3 heterocycles. The van der Waals surface area contributed by atoms with E-state index in [4.69, 9.17) is 9.47 Å². The van der Waals surface area contributed by atoms with Crippen molar-refractivity contribution in [1.29, 1.82) is 0 Å². The fraction of sp³-hybridized carbons (Fsp3) is 0.536. The monoisotopic (exact) mass is 528 g/mol. The van der Waals surface area contributed by atoms with Gasteiger partial charge in [-0.2, -0.15) is 0 Å². The lowest BCUT2D eigenvalue weighted by molar-refractivity contribution is -0.154. The second kappa shape index (κ2) is 10.9. The van der Waals surface area contributed by atoms with Crippen LogP contribution in [0.1, 0.15) is 32.6 Å². The summed E-state index contributed by atoms with van der Waals surface area (Å²) in [5.74, 6) is -1.38. The smallest absolute Gasteiger partial charge is 0.311 e. The molecule has 2 bridgehead atoms. The van der Waals surface area contributed by atoms with E-state index in [-0.39, 0.29) is 31.6 Å². The maximum atomic E-state index is 14.4. The number of nitrogens with zero attached hydrogens (tertiary/aromatic N) is 2. The first kappa shape index (κ1) is 27.3. The zero-order chi connectivity index (χ0) is 26.8. The van der Waals surface area contributed by atoms with Crippen LogP contribution in [0.5, 0.6) is 5.75 Å². The van der Waals surface area contributed by atoms with Gasteiger partial charge < -0.3 is 24.4 Å². The molecule has 2 amide bonds. The lowest BCUT2D eigenvalue weighted by atomic mass is 9.66. The lowest BCUT2D eigenvalue weighted by Gasteiger charge is -2.37. The lowest BCUT2D eigenvalue weighted by Crippen LogP contribution is -2.55. The topological polar surface area (TPSA) is 96.4 Å². The van der Waals surface area contributed by atoms with Gasteiger partial charge in [-0.15, -0.1) is 18.3 Å². The molecule has 0 aromatic heterocycles. The number of esters is 1. The number of carbonyl (C=O) groups is 3. The minimum Gasteiger partial charge on any atom is -0.497 e. The number of benzene rings is 1. The van der Waals surface area contributed by atoms with E-state index in [1.807, 2.05) is 19.1 Å². The molecule has 37 heavy (non-hydrogen) atoms. The average molecular weight is 529 g/mol. The number of anilines is 1. The standard InChI is InChI=1S/C28H36N2O6S/c1-5-15-29(19-9-11-20(35-4)12-10-19)25(33)23-28-14-13-27(3,37-28)22(26(34)36-18-6-2)21(28)24(32)30(23)16-7-8-17-31/h5-6,9-12,21-23,31H,1-2,7-8,13-18H2,3-4H3/t21-,22+,23?,27-,28?/m0/s1. The van der Waals surface area contributed by atoms with Gasteiger partial charge >= 0.3 is 5.97 Å². The zero-order valence-electron chi connectivity index (χ0n) is 21.6. The molecule has 8 nitrogen and oxygen atoms in total. The van der Waals surface area contributed by atoms with Crippen LogP contribution in [0.2, 0.25) is 0 Å². The van der Waals surface area contributed by atoms with Gasteiger partial charge in [-0.3, -0.25) is 14.4 Å². The fourth-order valence-corrected chi connectivity index (χ4v) is 8.63. The highest BCUT2D eigenvalue weighted by Crippen LogP contribution is 2.71. The molecule has 1 aromatic carbocycles. The number of thioether (sulfide) groups is 1. The molecule has 1 spiro atoms. The highest BCUT2D eigenvalue weighted by molar-refractivity contribution is 8.02. The Bertz CT molecular complexity index is 1060. The molecule has 0 saturated carbocycles.